The number of carbonyl (C=O) groups is 1. The van der Waals surface area contributed by atoms with Crippen molar-refractivity contribution in [1.82, 2.24) is 19.9 Å². The molecule has 25 heavy (non-hydrogen) atoms. The number of nitrogens with zero attached hydrogens (tertiary/aromatic N) is 2. The average Bonchev–Trinajstić information content (AvgIpc) is 2.64. The van der Waals surface area contributed by atoms with Crippen LogP contribution in [0.15, 0.2) is 29.4 Å². The molecule has 1 aromatic heterocycles. The molecule has 1 amide bonds. The highest BCUT2D eigenvalue weighted by molar-refractivity contribution is 7.89. The van der Waals surface area contributed by atoms with E-state index in [-0.39, 0.29) is 22.8 Å². The molecule has 2 unspecified atom stereocenters. The van der Waals surface area contributed by atoms with Crippen LogP contribution in [-0.2, 0) is 14.8 Å². The van der Waals surface area contributed by atoms with E-state index in [1.165, 1.54) is 10.5 Å². The van der Waals surface area contributed by atoms with Crippen molar-refractivity contribution in [3.63, 3.8) is 0 Å². The fourth-order valence-electron chi connectivity index (χ4n) is 3.49. The van der Waals surface area contributed by atoms with E-state index in [9.17, 15) is 13.2 Å². The Balaban J connectivity index is 1.55. The molecule has 2 aliphatic rings. The third kappa shape index (κ3) is 4.19. The van der Waals surface area contributed by atoms with Gasteiger partial charge in [-0.25, -0.2) is 8.42 Å². The molecule has 138 valence electrons. The van der Waals surface area contributed by atoms with Crippen molar-refractivity contribution >= 4 is 15.9 Å². The summed E-state index contributed by atoms with van der Waals surface area (Å²) in [7, 11) is -3.52. The summed E-state index contributed by atoms with van der Waals surface area (Å²) in [5, 5.41) is 6.45. The first-order valence-electron chi connectivity index (χ1n) is 8.90. The summed E-state index contributed by atoms with van der Waals surface area (Å²) < 4.78 is 26.7. The molecule has 2 aliphatic heterocycles. The first kappa shape index (κ1) is 18.3. The third-order valence-corrected chi connectivity index (χ3v) is 7.13. The van der Waals surface area contributed by atoms with Crippen molar-refractivity contribution in [3.8, 4) is 0 Å². The normalized spacial score (nSPS) is 26.3. The van der Waals surface area contributed by atoms with Crippen LogP contribution in [0.25, 0.3) is 0 Å². The second-order valence-electron chi connectivity index (χ2n) is 6.95. The lowest BCUT2D eigenvalue weighted by atomic mass is 9.92. The zero-order valence-corrected chi connectivity index (χ0v) is 15.3. The molecular weight excluding hydrogens is 340 g/mol. The summed E-state index contributed by atoms with van der Waals surface area (Å²) in [6.45, 7) is 4.70. The molecule has 0 saturated carbocycles. The molecule has 0 spiro atoms. The lowest BCUT2D eigenvalue weighted by Gasteiger charge is -2.34. The summed E-state index contributed by atoms with van der Waals surface area (Å²) in [5.41, 5.74) is 0. The van der Waals surface area contributed by atoms with Gasteiger partial charge >= 0.3 is 0 Å². The van der Waals surface area contributed by atoms with Gasteiger partial charge in [-0.1, -0.05) is 6.92 Å². The summed E-state index contributed by atoms with van der Waals surface area (Å²) in [6, 6.07) is 3.34. The van der Waals surface area contributed by atoms with Gasteiger partial charge in [-0.05, 0) is 43.9 Å². The molecule has 7 nitrogen and oxygen atoms in total. The zero-order valence-electron chi connectivity index (χ0n) is 14.5. The number of amides is 1. The highest BCUT2D eigenvalue weighted by Gasteiger charge is 2.33. The lowest BCUT2D eigenvalue weighted by Crippen LogP contribution is -2.52. The van der Waals surface area contributed by atoms with Crippen molar-refractivity contribution in [2.45, 2.75) is 37.1 Å². The molecule has 2 saturated heterocycles. The van der Waals surface area contributed by atoms with Crippen LogP contribution in [0, 0.1) is 11.8 Å². The highest BCUT2D eigenvalue weighted by Crippen LogP contribution is 2.24. The summed E-state index contributed by atoms with van der Waals surface area (Å²) >= 11 is 0. The molecule has 0 aliphatic carbocycles. The van der Waals surface area contributed by atoms with Crippen molar-refractivity contribution in [1.29, 1.82) is 0 Å². The van der Waals surface area contributed by atoms with Crippen LogP contribution < -0.4 is 10.6 Å². The van der Waals surface area contributed by atoms with E-state index < -0.39 is 10.0 Å². The lowest BCUT2D eigenvalue weighted by molar-refractivity contribution is -0.127. The molecule has 2 atom stereocenters. The average molecular weight is 366 g/mol. The summed E-state index contributed by atoms with van der Waals surface area (Å²) in [6.07, 6.45) is 5.09. The molecule has 1 aromatic rings. The van der Waals surface area contributed by atoms with E-state index in [1.807, 2.05) is 0 Å². The van der Waals surface area contributed by atoms with Gasteiger partial charge in [-0.3, -0.25) is 9.78 Å². The maximum atomic E-state index is 12.6. The van der Waals surface area contributed by atoms with Crippen LogP contribution >= 0.6 is 0 Å². The Morgan fingerprint density at radius 2 is 2.08 bits per heavy atom. The number of nitrogens with one attached hydrogen (secondary N) is 2. The van der Waals surface area contributed by atoms with Crippen molar-refractivity contribution < 1.29 is 13.2 Å². The first-order chi connectivity index (χ1) is 12.0. The second kappa shape index (κ2) is 7.80. The number of rotatable bonds is 4. The van der Waals surface area contributed by atoms with Gasteiger partial charge in [-0.15, -0.1) is 0 Å². The minimum absolute atomic E-state index is 0.0546. The van der Waals surface area contributed by atoms with Gasteiger partial charge in [0.15, 0.2) is 0 Å². The minimum atomic E-state index is -3.52. The van der Waals surface area contributed by atoms with Crippen molar-refractivity contribution in [3.05, 3.63) is 24.5 Å². The fraction of sp³-hybridized carbons (Fsp3) is 0.647. The van der Waals surface area contributed by atoms with Crippen molar-refractivity contribution in [2.24, 2.45) is 11.8 Å². The number of hydrogen-bond donors (Lipinski definition) is 2. The Bertz CT molecular complexity index is 687. The molecule has 3 heterocycles. The quantitative estimate of drug-likeness (QED) is 0.814. The van der Waals surface area contributed by atoms with E-state index in [4.69, 9.17) is 0 Å². The summed E-state index contributed by atoms with van der Waals surface area (Å²) in [4.78, 5) is 16.6. The van der Waals surface area contributed by atoms with Crippen LogP contribution in [0.1, 0.15) is 26.2 Å². The van der Waals surface area contributed by atoms with Gasteiger partial charge in [0.25, 0.3) is 0 Å². The monoisotopic (exact) mass is 366 g/mol. The van der Waals surface area contributed by atoms with Crippen LogP contribution in [0.4, 0.5) is 0 Å². The van der Waals surface area contributed by atoms with Crippen LogP contribution in [0.2, 0.25) is 0 Å². The highest BCUT2D eigenvalue weighted by atomic mass is 32.2. The van der Waals surface area contributed by atoms with Crippen LogP contribution in [-0.4, -0.2) is 55.8 Å². The number of sulfonamides is 1. The van der Waals surface area contributed by atoms with E-state index in [1.54, 1.807) is 18.3 Å². The smallest absolute Gasteiger partial charge is 0.244 e. The van der Waals surface area contributed by atoms with E-state index in [0.29, 0.717) is 31.8 Å². The molecule has 2 N–H and O–H groups in total. The molecule has 8 heteroatoms. The number of pyridine rings is 1. The molecule has 0 radical (unpaired) electrons. The van der Waals surface area contributed by atoms with Crippen LogP contribution in [0.5, 0.6) is 0 Å². The molecule has 0 aromatic carbocycles. The Labute approximate surface area is 149 Å². The molecule has 3 rings (SSSR count). The SMILES string of the molecule is CC1CCNCC1NC(=O)C1CCN(S(=O)(=O)c2cccnc2)CC1. The number of carbonyl (C=O) groups excluding carboxylic acids is 1. The number of piperidine rings is 2. The summed E-state index contributed by atoms with van der Waals surface area (Å²) in [5.74, 6) is 0.407. The number of aromatic nitrogens is 1. The maximum absolute atomic E-state index is 12.6. The minimum Gasteiger partial charge on any atom is -0.352 e. The Kier molecular flexibility index (Phi) is 5.71. The number of hydrogen-bond acceptors (Lipinski definition) is 5. The van der Waals surface area contributed by atoms with Gasteiger partial charge in [0.2, 0.25) is 15.9 Å². The Morgan fingerprint density at radius 1 is 1.32 bits per heavy atom. The third-order valence-electron chi connectivity index (χ3n) is 5.25. The van der Waals surface area contributed by atoms with Crippen molar-refractivity contribution in [2.75, 3.05) is 26.2 Å². The molecule has 2 fully saturated rings. The predicted octanol–water partition coefficient (Wildman–Crippen LogP) is 0.597. The first-order valence-corrected chi connectivity index (χ1v) is 10.3. The van der Waals surface area contributed by atoms with Gasteiger partial charge in [0.1, 0.15) is 4.90 Å². The topological polar surface area (TPSA) is 91.4 Å². The Morgan fingerprint density at radius 3 is 2.72 bits per heavy atom. The second-order valence-corrected chi connectivity index (χ2v) is 8.89. The fourth-order valence-corrected chi connectivity index (χ4v) is 4.92. The standard InChI is InChI=1S/C17H26N4O3S/c1-13-4-8-19-12-16(13)20-17(22)14-5-9-21(10-6-14)25(23,24)15-3-2-7-18-11-15/h2-3,7,11,13-14,16,19H,4-6,8-10,12H2,1H3,(H,20,22). The van der Waals surface area contributed by atoms with Gasteiger partial charge in [0, 0.05) is 44.0 Å². The van der Waals surface area contributed by atoms with E-state index in [0.717, 1.165) is 19.5 Å². The maximum Gasteiger partial charge on any atom is 0.244 e. The molecular formula is C17H26N4O3S. The van der Waals surface area contributed by atoms with Gasteiger partial charge < -0.3 is 10.6 Å². The largest absolute Gasteiger partial charge is 0.352 e. The predicted molar refractivity (Wildman–Crippen MR) is 94.3 cm³/mol. The van der Waals surface area contributed by atoms with E-state index in [2.05, 4.69) is 22.5 Å². The van der Waals surface area contributed by atoms with Gasteiger partial charge in [0.05, 0.1) is 0 Å². The van der Waals surface area contributed by atoms with E-state index >= 15 is 0 Å². The van der Waals surface area contributed by atoms with Gasteiger partial charge in [-0.2, -0.15) is 4.31 Å². The molecule has 0 bridgehead atoms. The van der Waals surface area contributed by atoms with Crippen LogP contribution in [0.3, 0.4) is 0 Å². The Hall–Kier alpha value is -1.51. The zero-order chi connectivity index (χ0) is 17.9.